The Kier molecular flexibility index (Phi) is 5.28. The summed E-state index contributed by atoms with van der Waals surface area (Å²) in [7, 11) is 0. The lowest BCUT2D eigenvalue weighted by Gasteiger charge is -2.28. The Hall–Kier alpha value is -1.88. The topological polar surface area (TPSA) is 61.4 Å². The van der Waals surface area contributed by atoms with Crippen LogP contribution in [0, 0.1) is 5.92 Å². The molecular formula is C18H25N3O2. The molecule has 1 aliphatic heterocycles. The lowest BCUT2D eigenvalue weighted by molar-refractivity contribution is -0.137. The van der Waals surface area contributed by atoms with Gasteiger partial charge in [-0.05, 0) is 30.7 Å². The maximum absolute atomic E-state index is 12.2. The van der Waals surface area contributed by atoms with Gasteiger partial charge in [-0.3, -0.25) is 9.59 Å². The molecule has 2 unspecified atom stereocenters. The molecule has 124 valence electrons. The van der Waals surface area contributed by atoms with Gasteiger partial charge < -0.3 is 15.5 Å². The van der Waals surface area contributed by atoms with Crippen molar-refractivity contribution in [1.82, 2.24) is 15.5 Å². The fraction of sp³-hybridized carbons (Fsp3) is 0.556. The molecule has 2 atom stereocenters. The van der Waals surface area contributed by atoms with E-state index in [1.54, 1.807) is 4.90 Å². The highest BCUT2D eigenvalue weighted by atomic mass is 16.2. The third-order valence-electron chi connectivity index (χ3n) is 4.91. The second kappa shape index (κ2) is 7.59. The number of carbonyl (C=O) groups excluding carboxylic acids is 2. The predicted octanol–water partition coefficient (Wildman–Crippen LogP) is 0.946. The normalized spacial score (nSPS) is 24.5. The van der Waals surface area contributed by atoms with E-state index in [1.807, 2.05) is 6.07 Å². The molecule has 0 aromatic heterocycles. The molecule has 1 aromatic carbocycles. The minimum atomic E-state index is -0.0626. The number of hydrogen-bond donors (Lipinski definition) is 2. The van der Waals surface area contributed by atoms with Crippen LogP contribution < -0.4 is 10.6 Å². The molecule has 23 heavy (non-hydrogen) atoms. The summed E-state index contributed by atoms with van der Waals surface area (Å²) in [6.07, 6.45) is 4.63. The number of nitrogens with one attached hydrogen (secondary N) is 2. The molecule has 5 nitrogen and oxygen atoms in total. The average Bonchev–Trinajstić information content (AvgIpc) is 3.00. The van der Waals surface area contributed by atoms with Crippen LogP contribution in [-0.4, -0.2) is 48.9 Å². The quantitative estimate of drug-likeness (QED) is 0.850. The van der Waals surface area contributed by atoms with Crippen LogP contribution in [0.2, 0.25) is 0 Å². The Morgan fingerprint density at radius 3 is 2.87 bits per heavy atom. The molecule has 5 heteroatoms. The van der Waals surface area contributed by atoms with Crippen LogP contribution in [-0.2, 0) is 16.0 Å². The Morgan fingerprint density at radius 1 is 1.26 bits per heavy atom. The van der Waals surface area contributed by atoms with E-state index in [4.69, 9.17) is 0 Å². The zero-order chi connectivity index (χ0) is 16.1. The van der Waals surface area contributed by atoms with Gasteiger partial charge in [-0.25, -0.2) is 0 Å². The Labute approximate surface area is 137 Å². The largest absolute Gasteiger partial charge is 0.353 e. The molecule has 0 bridgehead atoms. The summed E-state index contributed by atoms with van der Waals surface area (Å²) in [6, 6.07) is 11.0. The lowest BCUT2D eigenvalue weighted by atomic mass is 9.94. The van der Waals surface area contributed by atoms with Crippen molar-refractivity contribution in [2.75, 3.05) is 26.2 Å². The molecule has 1 heterocycles. The van der Waals surface area contributed by atoms with Crippen molar-refractivity contribution < 1.29 is 9.59 Å². The molecule has 2 aliphatic rings. The van der Waals surface area contributed by atoms with E-state index in [0.717, 1.165) is 12.8 Å². The van der Waals surface area contributed by atoms with E-state index < -0.39 is 0 Å². The number of nitrogens with zero attached hydrogens (tertiary/aromatic N) is 1. The first-order valence-electron chi connectivity index (χ1n) is 8.54. The van der Waals surface area contributed by atoms with E-state index in [-0.39, 0.29) is 18.4 Å². The van der Waals surface area contributed by atoms with E-state index in [0.29, 0.717) is 31.6 Å². The molecule has 0 spiro atoms. The van der Waals surface area contributed by atoms with Crippen LogP contribution in [0.25, 0.3) is 0 Å². The van der Waals surface area contributed by atoms with Crippen LogP contribution in [0.1, 0.15) is 24.8 Å². The summed E-state index contributed by atoms with van der Waals surface area (Å²) < 4.78 is 0. The van der Waals surface area contributed by atoms with Gasteiger partial charge in [0.2, 0.25) is 11.8 Å². The maximum atomic E-state index is 12.2. The van der Waals surface area contributed by atoms with Gasteiger partial charge in [-0.2, -0.15) is 0 Å². The number of benzene rings is 1. The maximum Gasteiger partial charge on any atom is 0.239 e. The van der Waals surface area contributed by atoms with Crippen molar-refractivity contribution in [1.29, 1.82) is 0 Å². The molecule has 2 N–H and O–H groups in total. The SMILES string of the molecule is O=C1CN(C(=O)CNC2CCCC2Cc2ccccc2)CCN1. The predicted molar refractivity (Wildman–Crippen MR) is 88.9 cm³/mol. The third-order valence-corrected chi connectivity index (χ3v) is 4.91. The van der Waals surface area contributed by atoms with Gasteiger partial charge in [-0.1, -0.05) is 36.8 Å². The summed E-state index contributed by atoms with van der Waals surface area (Å²) >= 11 is 0. The number of piperazine rings is 1. The Morgan fingerprint density at radius 2 is 2.09 bits per heavy atom. The van der Waals surface area contributed by atoms with E-state index in [1.165, 1.54) is 18.4 Å². The Bertz CT molecular complexity index is 546. The lowest BCUT2D eigenvalue weighted by Crippen LogP contribution is -2.52. The number of amides is 2. The monoisotopic (exact) mass is 315 g/mol. The molecule has 2 fully saturated rings. The van der Waals surface area contributed by atoms with Crippen molar-refractivity contribution >= 4 is 11.8 Å². The van der Waals surface area contributed by atoms with Crippen LogP contribution in [0.5, 0.6) is 0 Å². The zero-order valence-corrected chi connectivity index (χ0v) is 13.5. The third kappa shape index (κ3) is 4.32. The number of carbonyl (C=O) groups is 2. The van der Waals surface area contributed by atoms with Crippen molar-refractivity contribution in [3.8, 4) is 0 Å². The molecule has 1 aromatic rings. The summed E-state index contributed by atoms with van der Waals surface area (Å²) in [6.45, 7) is 1.71. The van der Waals surface area contributed by atoms with E-state index in [9.17, 15) is 9.59 Å². The fourth-order valence-electron chi connectivity index (χ4n) is 3.65. The average molecular weight is 315 g/mol. The minimum absolute atomic E-state index is 0.0326. The van der Waals surface area contributed by atoms with Gasteiger partial charge in [0.25, 0.3) is 0 Å². The fourth-order valence-corrected chi connectivity index (χ4v) is 3.65. The molecule has 1 saturated carbocycles. The molecule has 1 aliphatic carbocycles. The first kappa shape index (κ1) is 16.0. The first-order chi connectivity index (χ1) is 11.2. The molecular weight excluding hydrogens is 290 g/mol. The van der Waals surface area contributed by atoms with E-state index in [2.05, 4.69) is 34.9 Å². The summed E-state index contributed by atoms with van der Waals surface area (Å²) in [5.41, 5.74) is 1.37. The standard InChI is InChI=1S/C18H25N3O2/c22-17-13-21(10-9-19-17)18(23)12-20-16-8-4-7-15(16)11-14-5-2-1-3-6-14/h1-3,5-6,15-16,20H,4,7-13H2,(H,19,22). The number of hydrogen-bond acceptors (Lipinski definition) is 3. The van der Waals surface area contributed by atoms with Crippen molar-refractivity contribution in [2.24, 2.45) is 5.92 Å². The van der Waals surface area contributed by atoms with Crippen LogP contribution >= 0.6 is 0 Å². The van der Waals surface area contributed by atoms with Gasteiger partial charge in [0, 0.05) is 19.1 Å². The van der Waals surface area contributed by atoms with Crippen molar-refractivity contribution in [2.45, 2.75) is 31.7 Å². The van der Waals surface area contributed by atoms with Gasteiger partial charge in [0.05, 0.1) is 13.1 Å². The van der Waals surface area contributed by atoms with Crippen molar-refractivity contribution in [3.05, 3.63) is 35.9 Å². The Balaban J connectivity index is 1.48. The van der Waals surface area contributed by atoms with E-state index >= 15 is 0 Å². The van der Waals surface area contributed by atoms with Crippen LogP contribution in [0.15, 0.2) is 30.3 Å². The highest BCUT2D eigenvalue weighted by Crippen LogP contribution is 2.28. The summed E-state index contributed by atoms with van der Waals surface area (Å²) in [5.74, 6) is 0.562. The summed E-state index contributed by atoms with van der Waals surface area (Å²) in [5, 5.41) is 6.19. The summed E-state index contributed by atoms with van der Waals surface area (Å²) in [4.78, 5) is 25.3. The highest BCUT2D eigenvalue weighted by molar-refractivity contribution is 5.86. The second-order valence-corrected chi connectivity index (χ2v) is 6.53. The smallest absolute Gasteiger partial charge is 0.239 e. The highest BCUT2D eigenvalue weighted by Gasteiger charge is 2.28. The molecule has 1 saturated heterocycles. The first-order valence-corrected chi connectivity index (χ1v) is 8.54. The molecule has 3 rings (SSSR count). The van der Waals surface area contributed by atoms with Gasteiger partial charge in [0.15, 0.2) is 0 Å². The second-order valence-electron chi connectivity index (χ2n) is 6.53. The van der Waals surface area contributed by atoms with Gasteiger partial charge >= 0.3 is 0 Å². The van der Waals surface area contributed by atoms with Crippen LogP contribution in [0.3, 0.4) is 0 Å². The minimum Gasteiger partial charge on any atom is -0.353 e. The van der Waals surface area contributed by atoms with Gasteiger partial charge in [0.1, 0.15) is 0 Å². The molecule has 2 amide bonds. The van der Waals surface area contributed by atoms with Crippen LogP contribution in [0.4, 0.5) is 0 Å². The zero-order valence-electron chi connectivity index (χ0n) is 13.5. The number of rotatable bonds is 5. The van der Waals surface area contributed by atoms with Gasteiger partial charge in [-0.15, -0.1) is 0 Å². The molecule has 0 radical (unpaired) electrons. The van der Waals surface area contributed by atoms with Crippen molar-refractivity contribution in [3.63, 3.8) is 0 Å².